The maximum atomic E-state index is 5.94. The molecule has 1 unspecified atom stereocenters. The fourth-order valence-corrected chi connectivity index (χ4v) is 3.99. The Labute approximate surface area is 137 Å². The summed E-state index contributed by atoms with van der Waals surface area (Å²) in [5, 5.41) is 4.69. The molecule has 0 saturated carbocycles. The fourth-order valence-electron chi connectivity index (χ4n) is 2.75. The summed E-state index contributed by atoms with van der Waals surface area (Å²) in [5.41, 5.74) is 7.09. The first-order chi connectivity index (χ1) is 10.0. The number of aromatic nitrogens is 2. The molecule has 0 spiro atoms. The number of thioether (sulfide) groups is 1. The Bertz CT molecular complexity index is 478. The van der Waals surface area contributed by atoms with Gasteiger partial charge in [-0.05, 0) is 38.5 Å². The zero-order valence-electron chi connectivity index (χ0n) is 13.2. The fraction of sp³-hybridized carbons (Fsp3) is 0.733. The average Bonchev–Trinajstić information content (AvgIpc) is 2.95. The van der Waals surface area contributed by atoms with Gasteiger partial charge in [-0.15, -0.1) is 0 Å². The molecule has 21 heavy (non-hydrogen) atoms. The van der Waals surface area contributed by atoms with Crippen molar-refractivity contribution in [2.24, 2.45) is 5.73 Å². The molecule has 0 aliphatic carbocycles. The summed E-state index contributed by atoms with van der Waals surface area (Å²) in [7, 11) is 0. The number of hydrogen-bond donors (Lipinski definition) is 1. The van der Waals surface area contributed by atoms with Crippen molar-refractivity contribution < 1.29 is 0 Å². The third-order valence-corrected chi connectivity index (χ3v) is 6.52. The summed E-state index contributed by atoms with van der Waals surface area (Å²) >= 11 is 7.07. The molecule has 1 fully saturated rings. The van der Waals surface area contributed by atoms with E-state index >= 15 is 0 Å². The van der Waals surface area contributed by atoms with Crippen LogP contribution in [-0.4, -0.2) is 43.8 Å². The summed E-state index contributed by atoms with van der Waals surface area (Å²) in [6, 6.07) is 2.61. The second kappa shape index (κ2) is 7.11. The van der Waals surface area contributed by atoms with Gasteiger partial charge in [-0.2, -0.15) is 16.9 Å². The van der Waals surface area contributed by atoms with Crippen molar-refractivity contribution in [2.75, 3.05) is 19.3 Å². The molecule has 0 radical (unpaired) electrons. The maximum absolute atomic E-state index is 5.94. The first-order valence-corrected chi connectivity index (χ1v) is 9.25. The molecule has 6 heteroatoms. The van der Waals surface area contributed by atoms with Crippen LogP contribution in [0.2, 0.25) is 0 Å². The lowest BCUT2D eigenvalue weighted by atomic mass is 9.95. The molecule has 1 aliphatic rings. The Morgan fingerprint density at radius 2 is 2.19 bits per heavy atom. The quantitative estimate of drug-likeness (QED) is 0.815. The number of thiocarbonyl (C=S) groups is 1. The predicted octanol–water partition coefficient (Wildman–Crippen LogP) is 2.84. The summed E-state index contributed by atoms with van der Waals surface area (Å²) in [6.07, 6.45) is 7.39. The van der Waals surface area contributed by atoms with Crippen LogP contribution in [0.25, 0.3) is 0 Å². The molecule has 1 aliphatic heterocycles. The third kappa shape index (κ3) is 3.79. The first kappa shape index (κ1) is 16.8. The van der Waals surface area contributed by atoms with Gasteiger partial charge in [0.2, 0.25) is 0 Å². The minimum atomic E-state index is 0.00190. The van der Waals surface area contributed by atoms with Crippen LogP contribution in [0.4, 0.5) is 0 Å². The first-order valence-electron chi connectivity index (χ1n) is 7.62. The third-order valence-electron chi connectivity index (χ3n) is 4.60. The number of nitrogens with zero attached hydrogens (tertiary/aromatic N) is 3. The van der Waals surface area contributed by atoms with Gasteiger partial charge in [0, 0.05) is 31.9 Å². The molecular formula is C15H26N4S2. The van der Waals surface area contributed by atoms with Gasteiger partial charge < -0.3 is 5.73 Å². The van der Waals surface area contributed by atoms with Crippen molar-refractivity contribution in [3.8, 4) is 0 Å². The number of likely N-dealkylation sites (tertiary alicyclic amines) is 1. The van der Waals surface area contributed by atoms with Crippen LogP contribution in [-0.2, 0) is 6.54 Å². The SMILES string of the molecule is CCC(C)n1ccc(CN2CCC(SC)(C(N)=S)CC2)n1. The summed E-state index contributed by atoms with van der Waals surface area (Å²) in [6.45, 7) is 7.38. The van der Waals surface area contributed by atoms with Gasteiger partial charge in [0.25, 0.3) is 0 Å². The van der Waals surface area contributed by atoms with Crippen LogP contribution in [0, 0.1) is 0 Å². The Kier molecular flexibility index (Phi) is 5.68. The van der Waals surface area contributed by atoms with E-state index in [1.165, 1.54) is 0 Å². The van der Waals surface area contributed by atoms with Gasteiger partial charge in [-0.3, -0.25) is 9.58 Å². The molecule has 1 atom stereocenters. The summed E-state index contributed by atoms with van der Waals surface area (Å²) < 4.78 is 2.07. The molecule has 0 amide bonds. The van der Waals surface area contributed by atoms with E-state index in [0.29, 0.717) is 11.0 Å². The minimum absolute atomic E-state index is 0.00190. The highest BCUT2D eigenvalue weighted by molar-refractivity contribution is 8.02. The van der Waals surface area contributed by atoms with Crippen molar-refractivity contribution in [3.05, 3.63) is 18.0 Å². The molecule has 0 bridgehead atoms. The molecule has 2 heterocycles. The van der Waals surface area contributed by atoms with Gasteiger partial charge in [0.05, 0.1) is 15.4 Å². The van der Waals surface area contributed by atoms with Crippen LogP contribution >= 0.6 is 24.0 Å². The Morgan fingerprint density at radius 3 is 2.71 bits per heavy atom. The lowest BCUT2D eigenvalue weighted by molar-refractivity contribution is 0.209. The highest BCUT2D eigenvalue weighted by Gasteiger charge is 2.36. The average molecular weight is 327 g/mol. The van der Waals surface area contributed by atoms with E-state index in [4.69, 9.17) is 18.0 Å². The van der Waals surface area contributed by atoms with Crippen LogP contribution in [0.15, 0.2) is 12.3 Å². The molecule has 118 valence electrons. The molecule has 1 aromatic rings. The lowest BCUT2D eigenvalue weighted by Gasteiger charge is -2.39. The molecule has 1 saturated heterocycles. The normalized spacial score (nSPS) is 20.3. The van der Waals surface area contributed by atoms with Crippen LogP contribution in [0.3, 0.4) is 0 Å². The topological polar surface area (TPSA) is 47.1 Å². The molecule has 0 aromatic carbocycles. The Hall–Kier alpha value is -0.590. The van der Waals surface area contributed by atoms with Gasteiger partial charge in [-0.25, -0.2) is 0 Å². The van der Waals surface area contributed by atoms with E-state index in [1.54, 1.807) is 0 Å². The Morgan fingerprint density at radius 1 is 1.52 bits per heavy atom. The highest BCUT2D eigenvalue weighted by Crippen LogP contribution is 2.35. The van der Waals surface area contributed by atoms with Crippen molar-refractivity contribution >= 4 is 29.0 Å². The van der Waals surface area contributed by atoms with Crippen molar-refractivity contribution in [2.45, 2.75) is 50.4 Å². The van der Waals surface area contributed by atoms with E-state index in [1.807, 2.05) is 11.8 Å². The van der Waals surface area contributed by atoms with E-state index in [-0.39, 0.29) is 4.75 Å². The second-order valence-electron chi connectivity index (χ2n) is 5.88. The number of hydrogen-bond acceptors (Lipinski definition) is 4. The van der Waals surface area contributed by atoms with Crippen molar-refractivity contribution in [1.29, 1.82) is 0 Å². The minimum Gasteiger partial charge on any atom is -0.392 e. The smallest absolute Gasteiger partial charge is 0.0891 e. The zero-order valence-corrected chi connectivity index (χ0v) is 14.8. The highest BCUT2D eigenvalue weighted by atomic mass is 32.2. The molecule has 4 nitrogen and oxygen atoms in total. The van der Waals surface area contributed by atoms with Gasteiger partial charge >= 0.3 is 0 Å². The predicted molar refractivity (Wildman–Crippen MR) is 94.8 cm³/mol. The van der Waals surface area contributed by atoms with Crippen molar-refractivity contribution in [3.63, 3.8) is 0 Å². The van der Waals surface area contributed by atoms with Gasteiger partial charge in [-0.1, -0.05) is 19.1 Å². The van der Waals surface area contributed by atoms with Crippen molar-refractivity contribution in [1.82, 2.24) is 14.7 Å². The number of nitrogens with two attached hydrogens (primary N) is 1. The van der Waals surface area contributed by atoms with Crippen LogP contribution < -0.4 is 5.73 Å². The number of piperidine rings is 1. The maximum Gasteiger partial charge on any atom is 0.0891 e. The van der Waals surface area contributed by atoms with Crippen LogP contribution in [0.1, 0.15) is 44.8 Å². The van der Waals surface area contributed by atoms with Gasteiger partial charge in [0.15, 0.2) is 0 Å². The molecule has 2 rings (SSSR count). The van der Waals surface area contributed by atoms with E-state index in [9.17, 15) is 0 Å². The second-order valence-corrected chi connectivity index (χ2v) is 7.51. The largest absolute Gasteiger partial charge is 0.392 e. The van der Waals surface area contributed by atoms with E-state index < -0.39 is 0 Å². The Balaban J connectivity index is 1.91. The molecule has 1 aromatic heterocycles. The van der Waals surface area contributed by atoms with Crippen LogP contribution in [0.5, 0.6) is 0 Å². The van der Waals surface area contributed by atoms with E-state index in [0.717, 1.165) is 44.6 Å². The summed E-state index contributed by atoms with van der Waals surface area (Å²) in [4.78, 5) is 3.12. The molecular weight excluding hydrogens is 300 g/mol. The monoisotopic (exact) mass is 326 g/mol. The zero-order chi connectivity index (χ0) is 15.5. The lowest BCUT2D eigenvalue weighted by Crippen LogP contribution is -2.49. The summed E-state index contributed by atoms with van der Waals surface area (Å²) in [5.74, 6) is 0. The van der Waals surface area contributed by atoms with E-state index in [2.05, 4.69) is 47.0 Å². The number of rotatable bonds is 6. The van der Waals surface area contributed by atoms with Gasteiger partial charge in [0.1, 0.15) is 0 Å². The standard InChI is InChI=1S/C15H26N4S2/c1-4-12(2)19-8-5-13(17-19)11-18-9-6-15(21-3,7-10-18)14(16)20/h5,8,12H,4,6-7,9-11H2,1-3H3,(H2,16,20). The molecule has 2 N–H and O–H groups in total.